The maximum absolute atomic E-state index is 9.86. The van der Waals surface area contributed by atoms with Gasteiger partial charge in [-0.1, -0.05) is 16.8 Å². The average molecular weight is 292 g/mol. The van der Waals surface area contributed by atoms with Gasteiger partial charge in [-0.05, 0) is 26.0 Å². The number of nitrogens with zero attached hydrogens (tertiary/aromatic N) is 5. The molecule has 3 rings (SSSR count). The first-order valence-electron chi connectivity index (χ1n) is 6.18. The van der Waals surface area contributed by atoms with E-state index in [2.05, 4.69) is 15.3 Å². The SMILES string of the molecule is CC(C)(O)c1cn(Cc2cn3cc(Cl)ccc3n2)nn1. The lowest BCUT2D eigenvalue weighted by Gasteiger charge is -2.11. The van der Waals surface area contributed by atoms with E-state index in [0.717, 1.165) is 11.3 Å². The topological polar surface area (TPSA) is 68.2 Å². The summed E-state index contributed by atoms with van der Waals surface area (Å²) in [6.45, 7) is 3.84. The highest BCUT2D eigenvalue weighted by atomic mass is 35.5. The Bertz CT molecular complexity index is 756. The van der Waals surface area contributed by atoms with Crippen molar-refractivity contribution in [3.63, 3.8) is 0 Å². The first-order chi connectivity index (χ1) is 9.41. The van der Waals surface area contributed by atoms with Crippen molar-refractivity contribution in [3.05, 3.63) is 47.1 Å². The van der Waals surface area contributed by atoms with Crippen molar-refractivity contribution in [3.8, 4) is 0 Å². The van der Waals surface area contributed by atoms with Crippen LogP contribution in [-0.2, 0) is 12.1 Å². The van der Waals surface area contributed by atoms with E-state index in [1.54, 1.807) is 37.0 Å². The molecule has 0 amide bonds. The molecule has 0 saturated carbocycles. The van der Waals surface area contributed by atoms with Crippen LogP contribution in [0, 0.1) is 0 Å². The van der Waals surface area contributed by atoms with Gasteiger partial charge in [0, 0.05) is 12.4 Å². The molecule has 1 N–H and O–H groups in total. The normalized spacial score (nSPS) is 12.2. The molecule has 20 heavy (non-hydrogen) atoms. The summed E-state index contributed by atoms with van der Waals surface area (Å²) in [6, 6.07) is 3.66. The molecule has 0 aliphatic carbocycles. The second kappa shape index (κ2) is 4.57. The fourth-order valence-corrected chi connectivity index (χ4v) is 2.08. The fourth-order valence-electron chi connectivity index (χ4n) is 1.92. The molecule has 0 aliphatic rings. The highest BCUT2D eigenvalue weighted by Crippen LogP contribution is 2.16. The Labute approximate surface area is 120 Å². The largest absolute Gasteiger partial charge is 0.384 e. The zero-order chi connectivity index (χ0) is 14.3. The molecule has 104 valence electrons. The minimum atomic E-state index is -0.995. The minimum absolute atomic E-state index is 0.488. The molecular weight excluding hydrogens is 278 g/mol. The number of aromatic nitrogens is 5. The summed E-state index contributed by atoms with van der Waals surface area (Å²) in [4.78, 5) is 4.47. The zero-order valence-electron chi connectivity index (χ0n) is 11.2. The molecular formula is C13H14ClN5O. The molecule has 3 heterocycles. The lowest BCUT2D eigenvalue weighted by Crippen LogP contribution is -2.15. The predicted octanol–water partition coefficient (Wildman–Crippen LogP) is 1.85. The lowest BCUT2D eigenvalue weighted by molar-refractivity contribution is 0.0737. The minimum Gasteiger partial charge on any atom is -0.384 e. The molecule has 0 spiro atoms. The van der Waals surface area contributed by atoms with Crippen LogP contribution in [-0.4, -0.2) is 29.5 Å². The van der Waals surface area contributed by atoms with E-state index in [1.807, 2.05) is 16.7 Å². The average Bonchev–Trinajstić information content (AvgIpc) is 2.94. The van der Waals surface area contributed by atoms with Gasteiger partial charge in [0.2, 0.25) is 0 Å². The number of rotatable bonds is 3. The zero-order valence-corrected chi connectivity index (χ0v) is 11.9. The third-order valence-corrected chi connectivity index (χ3v) is 3.18. The predicted molar refractivity (Wildman–Crippen MR) is 74.6 cm³/mol. The number of fused-ring (bicyclic) bond motifs is 1. The molecule has 0 saturated heterocycles. The van der Waals surface area contributed by atoms with Gasteiger partial charge in [0.05, 0.1) is 23.5 Å². The second-order valence-corrected chi connectivity index (χ2v) is 5.64. The van der Waals surface area contributed by atoms with Crippen LogP contribution in [0.4, 0.5) is 0 Å². The smallest absolute Gasteiger partial charge is 0.137 e. The van der Waals surface area contributed by atoms with Gasteiger partial charge in [0.1, 0.15) is 16.9 Å². The van der Waals surface area contributed by atoms with Crippen LogP contribution >= 0.6 is 11.6 Å². The van der Waals surface area contributed by atoms with E-state index in [1.165, 1.54) is 0 Å². The molecule has 7 heteroatoms. The molecule has 0 atom stereocenters. The molecule has 0 bridgehead atoms. The summed E-state index contributed by atoms with van der Waals surface area (Å²) in [7, 11) is 0. The van der Waals surface area contributed by atoms with Crippen LogP contribution in [0.5, 0.6) is 0 Å². The Hall–Kier alpha value is -1.92. The van der Waals surface area contributed by atoms with Crippen LogP contribution < -0.4 is 0 Å². The maximum atomic E-state index is 9.86. The molecule has 0 radical (unpaired) electrons. The first kappa shape index (κ1) is 13.1. The van der Waals surface area contributed by atoms with Gasteiger partial charge in [-0.15, -0.1) is 5.10 Å². The lowest BCUT2D eigenvalue weighted by atomic mass is 10.1. The standard InChI is InChI=1S/C13H14ClN5O/c1-13(2,20)11-8-19(17-16-11)7-10-6-18-5-9(14)3-4-12(18)15-10/h3-6,8,20H,7H2,1-2H3. The van der Waals surface area contributed by atoms with Crippen LogP contribution in [0.15, 0.2) is 30.7 Å². The van der Waals surface area contributed by atoms with Crippen molar-refractivity contribution in [1.82, 2.24) is 24.4 Å². The molecule has 0 unspecified atom stereocenters. The number of halogens is 1. The highest BCUT2D eigenvalue weighted by molar-refractivity contribution is 6.30. The van der Waals surface area contributed by atoms with Gasteiger partial charge in [-0.2, -0.15) is 0 Å². The number of imidazole rings is 1. The van der Waals surface area contributed by atoms with Crippen molar-refractivity contribution >= 4 is 17.2 Å². The van der Waals surface area contributed by atoms with E-state index < -0.39 is 5.60 Å². The Morgan fingerprint density at radius 1 is 1.25 bits per heavy atom. The summed E-state index contributed by atoms with van der Waals surface area (Å²) in [5.41, 5.74) is 1.21. The van der Waals surface area contributed by atoms with Crippen molar-refractivity contribution in [2.75, 3.05) is 0 Å². The van der Waals surface area contributed by atoms with Gasteiger partial charge in [0.15, 0.2) is 0 Å². The molecule has 3 aromatic heterocycles. The number of pyridine rings is 1. The quantitative estimate of drug-likeness (QED) is 0.800. The number of hydrogen-bond donors (Lipinski definition) is 1. The summed E-state index contributed by atoms with van der Waals surface area (Å²) in [5.74, 6) is 0. The Morgan fingerprint density at radius 2 is 2.05 bits per heavy atom. The molecule has 0 fully saturated rings. The van der Waals surface area contributed by atoms with Crippen LogP contribution in [0.25, 0.3) is 5.65 Å². The van der Waals surface area contributed by atoms with Gasteiger partial charge < -0.3 is 9.51 Å². The monoisotopic (exact) mass is 291 g/mol. The Morgan fingerprint density at radius 3 is 2.75 bits per heavy atom. The summed E-state index contributed by atoms with van der Waals surface area (Å²) < 4.78 is 3.52. The van der Waals surface area contributed by atoms with E-state index in [4.69, 9.17) is 11.6 Å². The Kier molecular flexibility index (Phi) is 2.99. The summed E-state index contributed by atoms with van der Waals surface area (Å²) in [6.07, 6.45) is 5.42. The number of hydrogen-bond acceptors (Lipinski definition) is 4. The Balaban J connectivity index is 1.87. The maximum Gasteiger partial charge on any atom is 0.137 e. The van der Waals surface area contributed by atoms with E-state index in [-0.39, 0.29) is 0 Å². The third kappa shape index (κ3) is 2.52. The highest BCUT2D eigenvalue weighted by Gasteiger charge is 2.20. The van der Waals surface area contributed by atoms with Gasteiger partial charge in [-0.3, -0.25) is 0 Å². The van der Waals surface area contributed by atoms with Crippen molar-refractivity contribution < 1.29 is 5.11 Å². The number of aliphatic hydroxyl groups is 1. The van der Waals surface area contributed by atoms with Crippen LogP contribution in [0.1, 0.15) is 25.2 Å². The van der Waals surface area contributed by atoms with E-state index in [0.29, 0.717) is 17.3 Å². The van der Waals surface area contributed by atoms with E-state index in [9.17, 15) is 5.11 Å². The van der Waals surface area contributed by atoms with Crippen molar-refractivity contribution in [2.45, 2.75) is 26.0 Å². The van der Waals surface area contributed by atoms with Gasteiger partial charge in [0.25, 0.3) is 0 Å². The second-order valence-electron chi connectivity index (χ2n) is 5.21. The van der Waals surface area contributed by atoms with E-state index >= 15 is 0 Å². The van der Waals surface area contributed by atoms with Crippen molar-refractivity contribution in [2.24, 2.45) is 0 Å². The molecule has 0 aromatic carbocycles. The molecule has 6 nitrogen and oxygen atoms in total. The van der Waals surface area contributed by atoms with Crippen molar-refractivity contribution in [1.29, 1.82) is 0 Å². The molecule has 3 aromatic rings. The van der Waals surface area contributed by atoms with Gasteiger partial charge in [-0.25, -0.2) is 9.67 Å². The third-order valence-electron chi connectivity index (χ3n) is 2.95. The fraction of sp³-hybridized carbons (Fsp3) is 0.308. The first-order valence-corrected chi connectivity index (χ1v) is 6.56. The molecule has 0 aliphatic heterocycles. The van der Waals surface area contributed by atoms with Crippen LogP contribution in [0.2, 0.25) is 5.02 Å². The summed E-state index contributed by atoms with van der Waals surface area (Å²) >= 11 is 5.94. The summed E-state index contributed by atoms with van der Waals surface area (Å²) in [5, 5.41) is 18.5. The van der Waals surface area contributed by atoms with Crippen LogP contribution in [0.3, 0.4) is 0 Å². The van der Waals surface area contributed by atoms with Gasteiger partial charge >= 0.3 is 0 Å².